The van der Waals surface area contributed by atoms with Gasteiger partial charge in [0.1, 0.15) is 6.10 Å². The summed E-state index contributed by atoms with van der Waals surface area (Å²) in [5.74, 6) is 0. The molecule has 2 aromatic heterocycles. The van der Waals surface area contributed by atoms with Crippen molar-refractivity contribution in [3.05, 3.63) is 35.4 Å². The third-order valence-electron chi connectivity index (χ3n) is 3.03. The third kappa shape index (κ3) is 2.10. The van der Waals surface area contributed by atoms with Crippen LogP contribution in [0.2, 0.25) is 0 Å². The molecule has 0 aromatic carbocycles. The number of aliphatic hydroxyl groups is 1. The Balaban J connectivity index is 2.33. The predicted molar refractivity (Wildman–Crippen MR) is 64.5 cm³/mol. The van der Waals surface area contributed by atoms with Crippen LogP contribution in [0.5, 0.6) is 0 Å². The highest BCUT2D eigenvalue weighted by molar-refractivity contribution is 5.26. The lowest BCUT2D eigenvalue weighted by Gasteiger charge is -2.12. The molecule has 0 radical (unpaired) electrons. The van der Waals surface area contributed by atoms with Crippen LogP contribution in [0.25, 0.3) is 0 Å². The molecule has 0 bridgehead atoms. The van der Waals surface area contributed by atoms with E-state index in [0.717, 1.165) is 29.9 Å². The largest absolute Gasteiger partial charge is 0.382 e. The molecule has 1 unspecified atom stereocenters. The fourth-order valence-electron chi connectivity index (χ4n) is 1.92. The standard InChI is InChI=1S/C12H18N4O/c1-4-7-16-11(5-6-13-16)12(17)10-8-14-15(3)9(10)2/h5-6,8,12,17H,4,7H2,1-3H3. The molecule has 17 heavy (non-hydrogen) atoms. The van der Waals surface area contributed by atoms with Gasteiger partial charge in [0.15, 0.2) is 0 Å². The number of nitrogens with zero attached hydrogens (tertiary/aromatic N) is 4. The molecule has 1 atom stereocenters. The van der Waals surface area contributed by atoms with Crippen molar-refractivity contribution in [2.75, 3.05) is 0 Å². The van der Waals surface area contributed by atoms with Crippen molar-refractivity contribution in [3.63, 3.8) is 0 Å². The Morgan fingerprint density at radius 3 is 2.76 bits per heavy atom. The Hall–Kier alpha value is -1.62. The topological polar surface area (TPSA) is 55.9 Å². The van der Waals surface area contributed by atoms with Crippen molar-refractivity contribution in [1.82, 2.24) is 19.6 Å². The van der Waals surface area contributed by atoms with Crippen LogP contribution < -0.4 is 0 Å². The Morgan fingerprint density at radius 1 is 1.41 bits per heavy atom. The summed E-state index contributed by atoms with van der Waals surface area (Å²) in [6.45, 7) is 4.86. The molecule has 0 aliphatic rings. The summed E-state index contributed by atoms with van der Waals surface area (Å²) in [6, 6.07) is 1.85. The van der Waals surface area contributed by atoms with Crippen molar-refractivity contribution in [1.29, 1.82) is 0 Å². The molecule has 1 N–H and O–H groups in total. The lowest BCUT2D eigenvalue weighted by atomic mass is 10.1. The van der Waals surface area contributed by atoms with Gasteiger partial charge in [-0.25, -0.2) is 0 Å². The molecule has 2 heterocycles. The first-order valence-electron chi connectivity index (χ1n) is 5.83. The molecule has 92 valence electrons. The molecule has 2 rings (SSSR count). The van der Waals surface area contributed by atoms with Gasteiger partial charge in [0, 0.05) is 31.0 Å². The summed E-state index contributed by atoms with van der Waals surface area (Å²) in [5, 5.41) is 18.7. The lowest BCUT2D eigenvalue weighted by Crippen LogP contribution is -2.10. The van der Waals surface area contributed by atoms with E-state index in [-0.39, 0.29) is 0 Å². The highest BCUT2D eigenvalue weighted by Crippen LogP contribution is 2.24. The SMILES string of the molecule is CCCn1nccc1C(O)c1cnn(C)c1C. The number of hydrogen-bond donors (Lipinski definition) is 1. The van der Waals surface area contributed by atoms with Crippen LogP contribution in [0.15, 0.2) is 18.5 Å². The van der Waals surface area contributed by atoms with E-state index in [1.165, 1.54) is 0 Å². The third-order valence-corrected chi connectivity index (χ3v) is 3.03. The number of aliphatic hydroxyl groups excluding tert-OH is 1. The number of aromatic nitrogens is 4. The first-order valence-corrected chi connectivity index (χ1v) is 5.83. The van der Waals surface area contributed by atoms with Crippen molar-refractivity contribution >= 4 is 0 Å². The predicted octanol–water partition coefficient (Wildman–Crippen LogP) is 1.42. The van der Waals surface area contributed by atoms with Gasteiger partial charge in [-0.1, -0.05) is 6.92 Å². The van der Waals surface area contributed by atoms with Gasteiger partial charge in [-0.15, -0.1) is 0 Å². The van der Waals surface area contributed by atoms with Crippen molar-refractivity contribution in [2.45, 2.75) is 32.9 Å². The summed E-state index contributed by atoms with van der Waals surface area (Å²) in [4.78, 5) is 0. The van der Waals surface area contributed by atoms with Crippen LogP contribution in [0.3, 0.4) is 0 Å². The van der Waals surface area contributed by atoms with E-state index >= 15 is 0 Å². The highest BCUT2D eigenvalue weighted by atomic mass is 16.3. The lowest BCUT2D eigenvalue weighted by molar-refractivity contribution is 0.206. The maximum atomic E-state index is 10.4. The molecule has 5 nitrogen and oxygen atoms in total. The minimum atomic E-state index is -0.655. The van der Waals surface area contributed by atoms with Gasteiger partial charge >= 0.3 is 0 Å². The highest BCUT2D eigenvalue weighted by Gasteiger charge is 2.19. The molecular weight excluding hydrogens is 216 g/mol. The van der Waals surface area contributed by atoms with E-state index < -0.39 is 6.10 Å². The van der Waals surface area contributed by atoms with Crippen molar-refractivity contribution in [2.24, 2.45) is 7.05 Å². The molecule has 0 saturated carbocycles. The van der Waals surface area contributed by atoms with Gasteiger partial charge < -0.3 is 5.11 Å². The Morgan fingerprint density at radius 2 is 2.18 bits per heavy atom. The summed E-state index contributed by atoms with van der Waals surface area (Å²) in [7, 11) is 1.87. The van der Waals surface area contributed by atoms with E-state index in [4.69, 9.17) is 0 Å². The minimum Gasteiger partial charge on any atom is -0.382 e. The number of hydrogen-bond acceptors (Lipinski definition) is 3. The maximum Gasteiger partial charge on any atom is 0.124 e. The number of aryl methyl sites for hydroxylation is 2. The van der Waals surface area contributed by atoms with Gasteiger partial charge in [0.2, 0.25) is 0 Å². The molecular formula is C12H18N4O. The quantitative estimate of drug-likeness (QED) is 0.870. The van der Waals surface area contributed by atoms with Crippen molar-refractivity contribution in [3.8, 4) is 0 Å². The zero-order valence-corrected chi connectivity index (χ0v) is 10.5. The van der Waals surface area contributed by atoms with E-state index in [1.807, 2.05) is 24.7 Å². The fraction of sp³-hybridized carbons (Fsp3) is 0.500. The van der Waals surface area contributed by atoms with E-state index in [1.54, 1.807) is 17.1 Å². The van der Waals surface area contributed by atoms with Gasteiger partial charge in [-0.05, 0) is 19.4 Å². The second kappa shape index (κ2) is 4.71. The average molecular weight is 234 g/mol. The zero-order chi connectivity index (χ0) is 12.4. The molecule has 0 aliphatic heterocycles. The molecule has 0 aliphatic carbocycles. The average Bonchev–Trinajstić information content (AvgIpc) is 2.88. The molecule has 0 spiro atoms. The summed E-state index contributed by atoms with van der Waals surface area (Å²) < 4.78 is 3.61. The first-order chi connectivity index (χ1) is 8.15. The molecule has 0 saturated heterocycles. The smallest absolute Gasteiger partial charge is 0.124 e. The van der Waals surface area contributed by atoms with Crippen LogP contribution in [0, 0.1) is 6.92 Å². The van der Waals surface area contributed by atoms with E-state index in [9.17, 15) is 5.11 Å². The summed E-state index contributed by atoms with van der Waals surface area (Å²) in [6.07, 6.45) is 3.77. The summed E-state index contributed by atoms with van der Waals surface area (Å²) >= 11 is 0. The van der Waals surface area contributed by atoms with E-state index in [0.29, 0.717) is 0 Å². The van der Waals surface area contributed by atoms with Gasteiger partial charge in [0.25, 0.3) is 0 Å². The number of rotatable bonds is 4. The summed E-state index contributed by atoms with van der Waals surface area (Å²) in [5.41, 5.74) is 2.63. The zero-order valence-electron chi connectivity index (χ0n) is 10.5. The molecule has 5 heteroatoms. The Labute approximate surface area is 101 Å². The monoisotopic (exact) mass is 234 g/mol. The van der Waals surface area contributed by atoms with Crippen LogP contribution in [0.4, 0.5) is 0 Å². The van der Waals surface area contributed by atoms with Gasteiger partial charge in [0.05, 0.1) is 11.9 Å². The molecule has 2 aromatic rings. The molecule has 0 fully saturated rings. The normalized spacial score (nSPS) is 12.9. The molecule has 0 amide bonds. The maximum absolute atomic E-state index is 10.4. The van der Waals surface area contributed by atoms with Gasteiger partial charge in [-0.2, -0.15) is 10.2 Å². The Bertz CT molecular complexity index is 500. The second-order valence-corrected chi connectivity index (χ2v) is 4.19. The van der Waals surface area contributed by atoms with Crippen LogP contribution in [-0.2, 0) is 13.6 Å². The van der Waals surface area contributed by atoms with Crippen molar-refractivity contribution < 1.29 is 5.11 Å². The Kier molecular flexibility index (Phi) is 3.28. The first kappa shape index (κ1) is 11.9. The van der Waals surface area contributed by atoms with Crippen LogP contribution >= 0.6 is 0 Å². The second-order valence-electron chi connectivity index (χ2n) is 4.19. The van der Waals surface area contributed by atoms with Crippen LogP contribution in [-0.4, -0.2) is 24.7 Å². The minimum absolute atomic E-state index is 0.655. The fourth-order valence-corrected chi connectivity index (χ4v) is 1.92. The van der Waals surface area contributed by atoms with Crippen LogP contribution in [0.1, 0.15) is 36.4 Å². The van der Waals surface area contributed by atoms with Gasteiger partial charge in [-0.3, -0.25) is 9.36 Å². The van der Waals surface area contributed by atoms with E-state index in [2.05, 4.69) is 17.1 Å².